The van der Waals surface area contributed by atoms with E-state index in [9.17, 15) is 14.7 Å². The van der Waals surface area contributed by atoms with Gasteiger partial charge >= 0.3 is 5.97 Å². The number of aliphatic carboxylic acids is 1. The molecule has 2 fully saturated rings. The van der Waals surface area contributed by atoms with E-state index in [0.29, 0.717) is 35.4 Å². The third kappa shape index (κ3) is 6.50. The number of hydrogen-bond donors (Lipinski definition) is 2. The van der Waals surface area contributed by atoms with Gasteiger partial charge in [0.15, 0.2) is 0 Å². The average molecular weight is 482 g/mol. The third-order valence-electron chi connectivity index (χ3n) is 7.27. The van der Waals surface area contributed by atoms with Crippen molar-refractivity contribution in [3.05, 3.63) is 40.4 Å². The Bertz CT molecular complexity index is 1070. The van der Waals surface area contributed by atoms with Crippen molar-refractivity contribution in [2.75, 3.05) is 5.32 Å². The number of hydrogen-bond acceptors (Lipinski definition) is 5. The predicted molar refractivity (Wildman–Crippen MR) is 135 cm³/mol. The number of carboxylic acids is 1. The van der Waals surface area contributed by atoms with Crippen LogP contribution in [0.5, 0.6) is 0 Å². The van der Waals surface area contributed by atoms with Crippen LogP contribution < -0.4 is 5.32 Å². The fourth-order valence-corrected chi connectivity index (χ4v) is 5.56. The summed E-state index contributed by atoms with van der Waals surface area (Å²) in [6.07, 6.45) is 7.87. The lowest BCUT2D eigenvalue weighted by Gasteiger charge is -2.38. The van der Waals surface area contributed by atoms with Gasteiger partial charge in [-0.15, -0.1) is 0 Å². The first kappa shape index (κ1) is 25.4. The average Bonchev–Trinajstić information content (AvgIpc) is 3.47. The van der Waals surface area contributed by atoms with Gasteiger partial charge in [-0.2, -0.15) is 0 Å². The largest absolute Gasteiger partial charge is 0.481 e. The first-order chi connectivity index (χ1) is 16.5. The summed E-state index contributed by atoms with van der Waals surface area (Å²) in [7, 11) is 0. The molecule has 7 heteroatoms. The highest BCUT2D eigenvalue weighted by Gasteiger charge is 2.42. The number of rotatable bonds is 10. The van der Waals surface area contributed by atoms with Crippen LogP contribution in [0.2, 0.25) is 0 Å². The summed E-state index contributed by atoms with van der Waals surface area (Å²) in [6.45, 7) is 10.7. The first-order valence-corrected chi connectivity index (χ1v) is 12.9. The zero-order chi connectivity index (χ0) is 25.3. The Hall–Kier alpha value is -2.70. The van der Waals surface area contributed by atoms with Crippen molar-refractivity contribution in [3.63, 3.8) is 0 Å². The second-order valence-corrected chi connectivity index (χ2v) is 12.0. The summed E-state index contributed by atoms with van der Waals surface area (Å²) in [5.74, 6) is 1.70. The van der Waals surface area contributed by atoms with Crippen LogP contribution in [0.1, 0.15) is 118 Å². The van der Waals surface area contributed by atoms with Crippen molar-refractivity contribution in [3.8, 4) is 0 Å². The van der Waals surface area contributed by atoms with Crippen LogP contribution in [0, 0.1) is 25.2 Å². The Morgan fingerprint density at radius 2 is 1.91 bits per heavy atom. The number of amides is 1. The monoisotopic (exact) mass is 481 g/mol. The number of carboxylic acid groups (broad SMARTS) is 1. The minimum atomic E-state index is -0.868. The molecule has 2 aliphatic rings. The van der Waals surface area contributed by atoms with E-state index in [0.717, 1.165) is 53.8 Å². The van der Waals surface area contributed by atoms with Crippen molar-refractivity contribution >= 4 is 17.7 Å². The van der Waals surface area contributed by atoms with Crippen LogP contribution in [-0.4, -0.2) is 27.1 Å². The molecule has 2 aromatic heterocycles. The van der Waals surface area contributed by atoms with Crippen molar-refractivity contribution in [2.24, 2.45) is 11.3 Å². The van der Waals surface area contributed by atoms with E-state index in [4.69, 9.17) is 4.52 Å². The van der Waals surface area contributed by atoms with Gasteiger partial charge in [-0.25, -0.2) is 4.98 Å². The molecule has 2 N–H and O–H groups in total. The maximum absolute atomic E-state index is 13.0. The van der Waals surface area contributed by atoms with Crippen LogP contribution in [0.25, 0.3) is 0 Å². The standard InChI is InChI=1S/C28H39N3O4/c1-16-10-17(2)27(29-15-16)30-22(32)13-20(8-9-23(33)34)25-24(19-6-7-19)26(35-31-25)21-11-18(12-21)14-28(3,4)5/h10,15,18-21H,6-9,11-14H2,1-5H3,(H,33,34)(H,29,30,32)/t18?,20-,21?/m0/s1. The number of carbonyl (C=O) groups is 2. The smallest absolute Gasteiger partial charge is 0.303 e. The van der Waals surface area contributed by atoms with Crippen LogP contribution in [-0.2, 0) is 9.59 Å². The quantitative estimate of drug-likeness (QED) is 0.403. The summed E-state index contributed by atoms with van der Waals surface area (Å²) in [5, 5.41) is 16.7. The van der Waals surface area contributed by atoms with Gasteiger partial charge in [0.25, 0.3) is 0 Å². The van der Waals surface area contributed by atoms with Gasteiger partial charge in [-0.1, -0.05) is 32.0 Å². The van der Waals surface area contributed by atoms with Crippen molar-refractivity contribution in [1.29, 1.82) is 0 Å². The van der Waals surface area contributed by atoms with Gasteiger partial charge in [-0.3, -0.25) is 9.59 Å². The molecular weight excluding hydrogens is 442 g/mol. The number of carbonyl (C=O) groups excluding carboxylic acids is 1. The minimum absolute atomic E-state index is 0.0108. The van der Waals surface area contributed by atoms with E-state index < -0.39 is 5.97 Å². The molecule has 1 atom stereocenters. The van der Waals surface area contributed by atoms with E-state index in [-0.39, 0.29) is 24.7 Å². The Labute approximate surface area is 208 Å². The van der Waals surface area contributed by atoms with E-state index in [2.05, 4.69) is 36.2 Å². The molecule has 190 valence electrons. The van der Waals surface area contributed by atoms with Crippen LogP contribution in [0.4, 0.5) is 5.82 Å². The van der Waals surface area contributed by atoms with E-state index in [1.165, 1.54) is 6.42 Å². The molecule has 0 saturated heterocycles. The molecular formula is C28H39N3O4. The van der Waals surface area contributed by atoms with Crippen LogP contribution in [0.3, 0.4) is 0 Å². The molecule has 0 spiro atoms. The Morgan fingerprint density at radius 3 is 2.51 bits per heavy atom. The molecule has 4 rings (SSSR count). The Kier molecular flexibility index (Phi) is 7.34. The fraction of sp³-hybridized carbons (Fsp3) is 0.643. The zero-order valence-corrected chi connectivity index (χ0v) is 21.7. The minimum Gasteiger partial charge on any atom is -0.481 e. The summed E-state index contributed by atoms with van der Waals surface area (Å²) in [5.41, 5.74) is 4.22. The lowest BCUT2D eigenvalue weighted by molar-refractivity contribution is -0.137. The summed E-state index contributed by atoms with van der Waals surface area (Å²) >= 11 is 0. The molecule has 2 heterocycles. The SMILES string of the molecule is Cc1cnc(NC(=O)C[C@H](CCC(=O)O)c2noc(C3CC(CC(C)(C)C)C3)c2C2CC2)c(C)c1. The zero-order valence-electron chi connectivity index (χ0n) is 21.7. The van der Waals surface area contributed by atoms with Gasteiger partial charge < -0.3 is 14.9 Å². The molecule has 2 aromatic rings. The normalized spacial score (nSPS) is 20.8. The molecule has 0 unspecified atom stereocenters. The van der Waals surface area contributed by atoms with Gasteiger partial charge in [-0.05, 0) is 80.8 Å². The third-order valence-corrected chi connectivity index (χ3v) is 7.27. The lowest BCUT2D eigenvalue weighted by atomic mass is 9.66. The number of aryl methyl sites for hydroxylation is 2. The summed E-state index contributed by atoms with van der Waals surface area (Å²) in [4.78, 5) is 28.7. The fourth-order valence-electron chi connectivity index (χ4n) is 5.56. The number of anilines is 1. The molecule has 0 radical (unpaired) electrons. The van der Waals surface area contributed by atoms with Crippen molar-refractivity contribution in [1.82, 2.24) is 10.1 Å². The number of nitrogens with zero attached hydrogens (tertiary/aromatic N) is 2. The summed E-state index contributed by atoms with van der Waals surface area (Å²) in [6, 6.07) is 1.98. The molecule has 2 aliphatic carbocycles. The van der Waals surface area contributed by atoms with Gasteiger partial charge in [0.2, 0.25) is 5.91 Å². The second kappa shape index (κ2) is 10.1. The Morgan fingerprint density at radius 1 is 1.20 bits per heavy atom. The predicted octanol–water partition coefficient (Wildman–Crippen LogP) is 6.47. The molecule has 0 aliphatic heterocycles. The second-order valence-electron chi connectivity index (χ2n) is 12.0. The van der Waals surface area contributed by atoms with Crippen molar-refractivity contribution in [2.45, 2.75) is 104 Å². The highest BCUT2D eigenvalue weighted by Crippen LogP contribution is 2.53. The van der Waals surface area contributed by atoms with Crippen LogP contribution >= 0.6 is 0 Å². The Balaban J connectivity index is 1.51. The number of nitrogens with one attached hydrogen (secondary N) is 1. The maximum atomic E-state index is 13.0. The number of pyridine rings is 1. The van der Waals surface area contributed by atoms with Crippen LogP contribution in [0.15, 0.2) is 16.8 Å². The van der Waals surface area contributed by atoms with Gasteiger partial charge in [0.05, 0.1) is 5.69 Å². The van der Waals surface area contributed by atoms with Crippen molar-refractivity contribution < 1.29 is 19.2 Å². The molecule has 2 saturated carbocycles. The molecule has 0 bridgehead atoms. The van der Waals surface area contributed by atoms with E-state index in [1.54, 1.807) is 6.20 Å². The number of aromatic nitrogens is 2. The highest BCUT2D eigenvalue weighted by atomic mass is 16.5. The molecule has 35 heavy (non-hydrogen) atoms. The van der Waals surface area contributed by atoms with E-state index >= 15 is 0 Å². The lowest BCUT2D eigenvalue weighted by Crippen LogP contribution is -2.26. The molecule has 1 amide bonds. The molecule has 7 nitrogen and oxygen atoms in total. The topological polar surface area (TPSA) is 105 Å². The van der Waals surface area contributed by atoms with E-state index in [1.807, 2.05) is 19.9 Å². The maximum Gasteiger partial charge on any atom is 0.303 e. The molecule has 0 aromatic carbocycles. The van der Waals surface area contributed by atoms with Gasteiger partial charge in [0, 0.05) is 36.4 Å². The first-order valence-electron chi connectivity index (χ1n) is 12.9. The highest BCUT2D eigenvalue weighted by molar-refractivity contribution is 5.91. The van der Waals surface area contributed by atoms with Gasteiger partial charge in [0.1, 0.15) is 11.6 Å². The summed E-state index contributed by atoms with van der Waals surface area (Å²) < 4.78 is 5.96.